The van der Waals surface area contributed by atoms with Gasteiger partial charge in [0.2, 0.25) is 0 Å². The molecule has 1 fully saturated rings. The maximum atomic E-state index is 12.0. The molecule has 0 aromatic heterocycles. The second-order valence-corrected chi connectivity index (χ2v) is 5.01. The largest absolute Gasteiger partial charge is 0.392 e. The number of nitrogens with two attached hydrogens (primary N) is 1. The highest BCUT2D eigenvalue weighted by atomic mass is 32.1. The van der Waals surface area contributed by atoms with Crippen molar-refractivity contribution in [1.29, 1.82) is 0 Å². The van der Waals surface area contributed by atoms with Crippen molar-refractivity contribution in [2.45, 2.75) is 45.2 Å². The first-order valence-electron chi connectivity index (χ1n) is 5.82. The van der Waals surface area contributed by atoms with Crippen LogP contribution < -0.4 is 11.1 Å². The SMILES string of the molecule is C[C@@H]1CCC[C@H](C)N1C(=O)C(=O)NCC(N)=S. The molecule has 96 valence electrons. The zero-order chi connectivity index (χ0) is 13.0. The summed E-state index contributed by atoms with van der Waals surface area (Å²) in [4.78, 5) is 25.4. The second-order valence-electron chi connectivity index (χ2n) is 4.49. The predicted molar refractivity (Wildman–Crippen MR) is 69.4 cm³/mol. The summed E-state index contributed by atoms with van der Waals surface area (Å²) in [6, 6.07) is 0.226. The lowest BCUT2D eigenvalue weighted by Crippen LogP contribution is -2.53. The van der Waals surface area contributed by atoms with Gasteiger partial charge in [-0.1, -0.05) is 12.2 Å². The van der Waals surface area contributed by atoms with Crippen LogP contribution in [0.4, 0.5) is 0 Å². The van der Waals surface area contributed by atoms with Crippen molar-refractivity contribution in [3.05, 3.63) is 0 Å². The number of carbonyl (C=O) groups is 2. The summed E-state index contributed by atoms with van der Waals surface area (Å²) in [5, 5.41) is 2.42. The number of nitrogens with zero attached hydrogens (tertiary/aromatic N) is 1. The number of hydrogen-bond acceptors (Lipinski definition) is 3. The van der Waals surface area contributed by atoms with Gasteiger partial charge in [-0.05, 0) is 33.1 Å². The van der Waals surface area contributed by atoms with E-state index in [1.165, 1.54) is 0 Å². The highest BCUT2D eigenvalue weighted by Gasteiger charge is 2.32. The van der Waals surface area contributed by atoms with Crippen LogP contribution in [-0.4, -0.2) is 40.3 Å². The Morgan fingerprint density at radius 2 is 1.88 bits per heavy atom. The average Bonchev–Trinajstić information content (AvgIpc) is 2.25. The minimum atomic E-state index is -0.626. The monoisotopic (exact) mass is 257 g/mol. The minimum absolute atomic E-state index is 0.0660. The Balaban J connectivity index is 2.60. The Kier molecular flexibility index (Phi) is 4.86. The molecule has 1 aliphatic rings. The molecule has 1 rings (SSSR count). The third kappa shape index (κ3) is 3.66. The number of rotatable bonds is 2. The molecule has 0 aromatic carbocycles. The van der Waals surface area contributed by atoms with Crippen molar-refractivity contribution >= 4 is 29.0 Å². The molecule has 17 heavy (non-hydrogen) atoms. The zero-order valence-corrected chi connectivity index (χ0v) is 11.0. The molecule has 1 saturated heterocycles. The fourth-order valence-corrected chi connectivity index (χ4v) is 2.25. The lowest BCUT2D eigenvalue weighted by Gasteiger charge is -2.38. The van der Waals surface area contributed by atoms with Crippen LogP contribution in [0.5, 0.6) is 0 Å². The van der Waals surface area contributed by atoms with E-state index in [9.17, 15) is 9.59 Å². The molecule has 1 aliphatic heterocycles. The van der Waals surface area contributed by atoms with E-state index in [0.29, 0.717) is 0 Å². The summed E-state index contributed by atoms with van der Waals surface area (Å²) < 4.78 is 0. The number of carbonyl (C=O) groups excluding carboxylic acids is 2. The minimum Gasteiger partial charge on any atom is -0.392 e. The van der Waals surface area contributed by atoms with Crippen molar-refractivity contribution in [1.82, 2.24) is 10.2 Å². The van der Waals surface area contributed by atoms with Gasteiger partial charge in [0, 0.05) is 12.1 Å². The topological polar surface area (TPSA) is 75.4 Å². The first-order chi connectivity index (χ1) is 7.93. The van der Waals surface area contributed by atoms with E-state index in [0.717, 1.165) is 19.3 Å². The van der Waals surface area contributed by atoms with E-state index in [4.69, 9.17) is 5.73 Å². The number of thiocarbonyl (C=S) groups is 1. The quantitative estimate of drug-likeness (QED) is 0.546. The van der Waals surface area contributed by atoms with Crippen LogP contribution in [0.15, 0.2) is 0 Å². The Morgan fingerprint density at radius 1 is 1.35 bits per heavy atom. The van der Waals surface area contributed by atoms with Gasteiger partial charge in [0.05, 0.1) is 11.5 Å². The van der Waals surface area contributed by atoms with Gasteiger partial charge in [0.25, 0.3) is 0 Å². The molecular weight excluding hydrogens is 238 g/mol. The molecule has 6 heteroatoms. The molecule has 0 unspecified atom stereocenters. The van der Waals surface area contributed by atoms with E-state index in [2.05, 4.69) is 17.5 Å². The Labute approximate surface area is 107 Å². The highest BCUT2D eigenvalue weighted by molar-refractivity contribution is 7.80. The molecule has 0 aliphatic carbocycles. The predicted octanol–water partition coefficient (Wildman–Crippen LogP) is 0.178. The summed E-state index contributed by atoms with van der Waals surface area (Å²) >= 11 is 4.64. The van der Waals surface area contributed by atoms with Crippen molar-refractivity contribution in [3.63, 3.8) is 0 Å². The Hall–Kier alpha value is -1.17. The molecule has 2 amide bonds. The maximum Gasteiger partial charge on any atom is 0.312 e. The Bertz CT molecular complexity index is 323. The smallest absolute Gasteiger partial charge is 0.312 e. The van der Waals surface area contributed by atoms with Gasteiger partial charge in [-0.15, -0.1) is 0 Å². The van der Waals surface area contributed by atoms with Gasteiger partial charge in [-0.2, -0.15) is 0 Å². The summed E-state index contributed by atoms with van der Waals surface area (Å²) in [7, 11) is 0. The average molecular weight is 257 g/mol. The number of amides is 2. The zero-order valence-electron chi connectivity index (χ0n) is 10.2. The number of piperidine rings is 1. The van der Waals surface area contributed by atoms with Gasteiger partial charge in [0.1, 0.15) is 0 Å². The van der Waals surface area contributed by atoms with E-state index < -0.39 is 11.8 Å². The first kappa shape index (κ1) is 13.9. The third-order valence-corrected chi connectivity index (χ3v) is 3.19. The normalized spacial score (nSPS) is 24.2. The van der Waals surface area contributed by atoms with Crippen molar-refractivity contribution in [2.24, 2.45) is 5.73 Å². The molecule has 0 bridgehead atoms. The molecule has 0 radical (unpaired) electrons. The molecule has 0 aromatic rings. The highest BCUT2D eigenvalue weighted by Crippen LogP contribution is 2.22. The summed E-state index contributed by atoms with van der Waals surface area (Å²) in [5.41, 5.74) is 5.27. The van der Waals surface area contributed by atoms with Gasteiger partial charge in [-0.3, -0.25) is 9.59 Å². The fraction of sp³-hybridized carbons (Fsp3) is 0.727. The van der Waals surface area contributed by atoms with Crippen molar-refractivity contribution in [3.8, 4) is 0 Å². The van der Waals surface area contributed by atoms with Crippen LogP contribution in [0.1, 0.15) is 33.1 Å². The summed E-state index contributed by atoms with van der Waals surface area (Å²) in [6.45, 7) is 4.00. The van der Waals surface area contributed by atoms with Crippen molar-refractivity contribution < 1.29 is 9.59 Å². The molecule has 3 N–H and O–H groups in total. The van der Waals surface area contributed by atoms with Crippen molar-refractivity contribution in [2.75, 3.05) is 6.54 Å². The maximum absolute atomic E-state index is 12.0. The van der Waals surface area contributed by atoms with Gasteiger partial charge in [-0.25, -0.2) is 0 Å². The van der Waals surface area contributed by atoms with Gasteiger partial charge >= 0.3 is 11.8 Å². The lowest BCUT2D eigenvalue weighted by molar-refractivity contribution is -0.149. The van der Waals surface area contributed by atoms with Crippen LogP contribution in [0, 0.1) is 0 Å². The first-order valence-corrected chi connectivity index (χ1v) is 6.23. The molecule has 0 saturated carbocycles. The third-order valence-electron chi connectivity index (χ3n) is 3.05. The number of nitrogens with one attached hydrogen (secondary N) is 1. The molecular formula is C11H19N3O2S. The summed E-state index contributed by atoms with van der Waals surface area (Å²) in [6.07, 6.45) is 2.98. The molecule has 5 nitrogen and oxygen atoms in total. The Morgan fingerprint density at radius 3 is 2.35 bits per heavy atom. The fourth-order valence-electron chi connectivity index (χ4n) is 2.18. The van der Waals surface area contributed by atoms with Crippen LogP contribution in [0.2, 0.25) is 0 Å². The second kappa shape index (κ2) is 5.95. The number of likely N-dealkylation sites (tertiary alicyclic amines) is 1. The van der Waals surface area contributed by atoms with E-state index in [-0.39, 0.29) is 23.6 Å². The van der Waals surface area contributed by atoms with E-state index >= 15 is 0 Å². The van der Waals surface area contributed by atoms with Gasteiger partial charge < -0.3 is 16.0 Å². The van der Waals surface area contributed by atoms with Crippen LogP contribution in [0.25, 0.3) is 0 Å². The van der Waals surface area contributed by atoms with Crippen LogP contribution >= 0.6 is 12.2 Å². The summed E-state index contributed by atoms with van der Waals surface area (Å²) in [5.74, 6) is -1.11. The van der Waals surface area contributed by atoms with Crippen LogP contribution in [0.3, 0.4) is 0 Å². The van der Waals surface area contributed by atoms with E-state index in [1.54, 1.807) is 4.90 Å². The number of hydrogen-bond donors (Lipinski definition) is 2. The molecule has 1 heterocycles. The standard InChI is InChI=1S/C11H19N3O2S/c1-7-4-3-5-8(2)14(7)11(16)10(15)13-6-9(12)17/h7-8H,3-6H2,1-2H3,(H2,12,17)(H,13,15)/t7-,8+. The van der Waals surface area contributed by atoms with Crippen LogP contribution in [-0.2, 0) is 9.59 Å². The lowest BCUT2D eigenvalue weighted by atomic mass is 9.97. The van der Waals surface area contributed by atoms with Gasteiger partial charge in [0.15, 0.2) is 0 Å². The van der Waals surface area contributed by atoms with E-state index in [1.807, 2.05) is 13.8 Å². The molecule has 0 spiro atoms. The molecule has 2 atom stereocenters.